The molecular weight excluding hydrogens is 504 g/mol. The molecule has 1 unspecified atom stereocenters. The summed E-state index contributed by atoms with van der Waals surface area (Å²) in [5.41, 5.74) is 6.78. The monoisotopic (exact) mass is 532 g/mol. The van der Waals surface area contributed by atoms with Crippen LogP contribution in [-0.4, -0.2) is 41.6 Å². The zero-order chi connectivity index (χ0) is 28.0. The lowest BCUT2D eigenvalue weighted by atomic mass is 9.91. The van der Waals surface area contributed by atoms with Gasteiger partial charge in [-0.05, 0) is 49.7 Å². The van der Waals surface area contributed by atoms with E-state index in [-0.39, 0.29) is 18.5 Å². The van der Waals surface area contributed by atoms with Gasteiger partial charge in [0.15, 0.2) is 0 Å². The van der Waals surface area contributed by atoms with Crippen LogP contribution in [-0.2, 0) is 0 Å². The fourth-order valence-electron chi connectivity index (χ4n) is 5.54. The predicted octanol–water partition coefficient (Wildman–Crippen LogP) is 5.85. The number of carbonyl (C=O) groups excluding carboxylic acids is 1. The Balaban J connectivity index is 1.53. The van der Waals surface area contributed by atoms with E-state index in [9.17, 15) is 4.79 Å². The number of hydrogen-bond donors (Lipinski definition) is 3. The minimum Gasteiger partial charge on any atom is -0.496 e. The maximum Gasteiger partial charge on any atom is 0.251 e. The van der Waals surface area contributed by atoms with Crippen LogP contribution in [0.1, 0.15) is 46.3 Å². The van der Waals surface area contributed by atoms with Crippen molar-refractivity contribution in [2.45, 2.75) is 33.4 Å². The summed E-state index contributed by atoms with van der Waals surface area (Å²) < 4.78 is 11.3. The molecule has 1 amide bonds. The molecule has 1 atom stereocenters. The van der Waals surface area contributed by atoms with E-state index in [1.165, 1.54) is 0 Å². The van der Waals surface area contributed by atoms with Crippen molar-refractivity contribution in [3.8, 4) is 22.9 Å². The van der Waals surface area contributed by atoms with Crippen LogP contribution in [0.4, 0.5) is 5.82 Å². The Morgan fingerprint density at radius 2 is 1.90 bits per heavy atom. The molecule has 0 aliphatic carbocycles. The van der Waals surface area contributed by atoms with Crippen LogP contribution in [0.15, 0.2) is 58.0 Å². The lowest BCUT2D eigenvalue weighted by molar-refractivity contribution is 0.0956. The van der Waals surface area contributed by atoms with Gasteiger partial charge in [-0.25, -0.2) is 0 Å². The fourth-order valence-corrected chi connectivity index (χ4v) is 5.54. The molecule has 5 aromatic rings. The molecule has 0 saturated carbocycles. The zero-order valence-electron chi connectivity index (χ0n) is 22.7. The number of fused-ring (bicyclic) bond motifs is 4. The van der Waals surface area contributed by atoms with Gasteiger partial charge >= 0.3 is 0 Å². The van der Waals surface area contributed by atoms with Crippen LogP contribution in [0.5, 0.6) is 5.75 Å². The molecular formula is C31H28N6O3. The number of ether oxygens (including phenoxy) is 1. The number of carbonyl (C=O) groups is 1. The van der Waals surface area contributed by atoms with Crippen molar-refractivity contribution in [2.75, 3.05) is 19.0 Å². The van der Waals surface area contributed by atoms with Gasteiger partial charge in [-0.15, -0.1) is 0 Å². The van der Waals surface area contributed by atoms with Gasteiger partial charge in [-0.3, -0.25) is 9.79 Å². The number of nitrogens with zero attached hydrogens (tertiary/aromatic N) is 3. The Morgan fingerprint density at radius 3 is 2.62 bits per heavy atom. The van der Waals surface area contributed by atoms with Gasteiger partial charge in [0.05, 0.1) is 42.1 Å². The quantitative estimate of drug-likeness (QED) is 0.235. The highest BCUT2D eigenvalue weighted by Gasteiger charge is 2.28. The smallest absolute Gasteiger partial charge is 0.251 e. The highest BCUT2D eigenvalue weighted by atomic mass is 16.5. The summed E-state index contributed by atoms with van der Waals surface area (Å²) in [5, 5.41) is 22.0. The molecule has 0 fully saturated rings. The fraction of sp³-hybridized carbons (Fsp3) is 0.226. The number of H-pyrrole nitrogens is 1. The van der Waals surface area contributed by atoms with E-state index >= 15 is 0 Å². The molecule has 2 aromatic heterocycles. The van der Waals surface area contributed by atoms with Crippen molar-refractivity contribution in [2.24, 2.45) is 4.99 Å². The van der Waals surface area contributed by atoms with Gasteiger partial charge in [-0.1, -0.05) is 35.5 Å². The summed E-state index contributed by atoms with van der Waals surface area (Å²) in [4.78, 5) is 21.6. The Kier molecular flexibility index (Phi) is 6.23. The number of aliphatic imine (C=N–C) groups is 1. The molecule has 3 aromatic carbocycles. The summed E-state index contributed by atoms with van der Waals surface area (Å²) in [5.74, 6) is 2.09. The largest absolute Gasteiger partial charge is 0.496 e. The van der Waals surface area contributed by atoms with Crippen LogP contribution in [0.2, 0.25) is 0 Å². The number of nitrogens with one attached hydrogen (secondary N) is 3. The van der Waals surface area contributed by atoms with Crippen LogP contribution in [0.25, 0.3) is 32.8 Å². The lowest BCUT2D eigenvalue weighted by Gasteiger charge is -2.22. The first-order valence-corrected chi connectivity index (χ1v) is 13.1. The number of benzene rings is 3. The highest BCUT2D eigenvalue weighted by molar-refractivity contribution is 6.28. The predicted molar refractivity (Wildman–Crippen MR) is 155 cm³/mol. The van der Waals surface area contributed by atoms with Gasteiger partial charge in [-0.2, -0.15) is 5.26 Å². The Morgan fingerprint density at radius 1 is 1.10 bits per heavy atom. The number of hydrogen-bond acceptors (Lipinski definition) is 7. The van der Waals surface area contributed by atoms with Crippen LogP contribution < -0.4 is 15.4 Å². The van der Waals surface area contributed by atoms with Gasteiger partial charge < -0.3 is 24.9 Å². The average Bonchev–Trinajstić information content (AvgIpc) is 3.48. The molecule has 6 rings (SSSR count). The average molecular weight is 533 g/mol. The molecule has 0 bridgehead atoms. The number of methoxy groups -OCH3 is 1. The number of aryl methyl sites for hydroxylation is 2. The Bertz CT molecular complexity index is 1850. The van der Waals surface area contributed by atoms with E-state index in [1.807, 2.05) is 63.2 Å². The van der Waals surface area contributed by atoms with Crippen molar-refractivity contribution < 1.29 is 14.1 Å². The minimum absolute atomic E-state index is 0.174. The van der Waals surface area contributed by atoms with Crippen LogP contribution in [0.3, 0.4) is 0 Å². The summed E-state index contributed by atoms with van der Waals surface area (Å²) in [6, 6.07) is 17.8. The van der Waals surface area contributed by atoms with Crippen molar-refractivity contribution in [1.29, 1.82) is 5.26 Å². The second-order valence-electron chi connectivity index (χ2n) is 9.84. The molecule has 200 valence electrons. The van der Waals surface area contributed by atoms with Crippen molar-refractivity contribution in [3.05, 3.63) is 76.7 Å². The first kappa shape index (κ1) is 25.2. The third-order valence-electron chi connectivity index (χ3n) is 7.28. The third kappa shape index (κ3) is 4.05. The molecule has 40 heavy (non-hydrogen) atoms. The second kappa shape index (κ2) is 9.89. The van der Waals surface area contributed by atoms with Gasteiger partial charge in [0, 0.05) is 34.1 Å². The van der Waals surface area contributed by atoms with E-state index in [2.05, 4.69) is 32.9 Å². The summed E-state index contributed by atoms with van der Waals surface area (Å²) in [7, 11) is 1.66. The van der Waals surface area contributed by atoms with E-state index in [0.29, 0.717) is 17.9 Å². The molecule has 9 nitrogen and oxygen atoms in total. The van der Waals surface area contributed by atoms with E-state index in [1.54, 1.807) is 7.11 Å². The Hall–Kier alpha value is -5.10. The van der Waals surface area contributed by atoms with Crippen molar-refractivity contribution >= 4 is 39.1 Å². The number of nitriles is 1. The summed E-state index contributed by atoms with van der Waals surface area (Å²) in [6.45, 7) is 6.12. The molecule has 3 heterocycles. The van der Waals surface area contributed by atoms with Gasteiger partial charge in [0.25, 0.3) is 5.91 Å². The van der Waals surface area contributed by atoms with E-state index in [0.717, 1.165) is 66.9 Å². The molecule has 9 heteroatoms. The van der Waals surface area contributed by atoms with Gasteiger partial charge in [0.2, 0.25) is 0 Å². The minimum atomic E-state index is -0.206. The van der Waals surface area contributed by atoms with E-state index in [4.69, 9.17) is 19.5 Å². The first-order valence-electron chi connectivity index (χ1n) is 13.1. The molecule has 0 spiro atoms. The van der Waals surface area contributed by atoms with Crippen molar-refractivity contribution in [1.82, 2.24) is 15.5 Å². The van der Waals surface area contributed by atoms with Gasteiger partial charge in [0.1, 0.15) is 23.5 Å². The third-order valence-corrected chi connectivity index (χ3v) is 7.28. The number of amides is 1. The molecule has 1 aliphatic rings. The highest BCUT2D eigenvalue weighted by Crippen LogP contribution is 2.42. The standard InChI is InChI=1S/C31H28N6O3/c1-16-27(17(2)40-37-16)24-14-25-23(15-26(24)39-4)28-29(34-18(3)35-30(28)36-25)21-10-11-22(31(38)33-13-7-12-32)20-9-6-5-8-19(20)21/h5-6,8-11,14-15,18,35-36H,7,13H2,1-4H3,(H,33,38). The summed E-state index contributed by atoms with van der Waals surface area (Å²) >= 11 is 0. The van der Waals surface area contributed by atoms with Crippen molar-refractivity contribution in [3.63, 3.8) is 0 Å². The molecule has 0 saturated heterocycles. The maximum atomic E-state index is 13.0. The van der Waals surface area contributed by atoms with E-state index < -0.39 is 0 Å². The first-order chi connectivity index (χ1) is 19.4. The number of anilines is 1. The van der Waals surface area contributed by atoms with Crippen LogP contribution in [0, 0.1) is 25.2 Å². The maximum absolute atomic E-state index is 13.0. The zero-order valence-corrected chi connectivity index (χ0v) is 22.7. The van der Waals surface area contributed by atoms with Crippen LogP contribution >= 0.6 is 0 Å². The lowest BCUT2D eigenvalue weighted by Crippen LogP contribution is -2.25. The second-order valence-corrected chi connectivity index (χ2v) is 9.84. The molecule has 1 aliphatic heterocycles. The number of aromatic nitrogens is 2. The molecule has 0 radical (unpaired) electrons. The summed E-state index contributed by atoms with van der Waals surface area (Å²) in [6.07, 6.45) is 0.0843. The molecule has 3 N–H and O–H groups in total. The topological polar surface area (TPSA) is 128 Å². The Labute approximate surface area is 230 Å². The number of rotatable bonds is 6. The SMILES string of the molecule is COc1cc2c3c([nH]c2cc1-c1c(C)noc1C)NC(C)N=C3c1ccc(C(=O)NCCC#N)c2ccccc12. The normalized spacial score (nSPS) is 14.4. The number of aromatic amines is 1.